The average molecular weight is 475 g/mol. The second kappa shape index (κ2) is 11.8. The van der Waals surface area contributed by atoms with Crippen molar-refractivity contribution in [1.82, 2.24) is 9.80 Å². The van der Waals surface area contributed by atoms with Crippen LogP contribution in [0.25, 0.3) is 0 Å². The summed E-state index contributed by atoms with van der Waals surface area (Å²) in [4.78, 5) is 17.2. The van der Waals surface area contributed by atoms with Gasteiger partial charge in [0.05, 0.1) is 18.8 Å². The zero-order valence-electron chi connectivity index (χ0n) is 20.9. The third-order valence-electron chi connectivity index (χ3n) is 7.43. The number of fused-ring (bicyclic) bond motifs is 1. The lowest BCUT2D eigenvalue weighted by Crippen LogP contribution is -2.44. The Morgan fingerprint density at radius 1 is 1.11 bits per heavy atom. The number of carbonyl (C=O) groups is 1. The van der Waals surface area contributed by atoms with Crippen molar-refractivity contribution in [3.8, 4) is 5.75 Å². The number of benzene rings is 2. The monoisotopic (exact) mass is 474 g/mol. The van der Waals surface area contributed by atoms with Crippen molar-refractivity contribution in [2.45, 2.75) is 38.4 Å². The van der Waals surface area contributed by atoms with Crippen molar-refractivity contribution in [1.29, 1.82) is 0 Å². The maximum absolute atomic E-state index is 12.6. The zero-order valence-corrected chi connectivity index (χ0v) is 20.9. The molecule has 0 spiro atoms. The van der Waals surface area contributed by atoms with E-state index in [9.17, 15) is 9.90 Å². The van der Waals surface area contributed by atoms with Gasteiger partial charge in [0.25, 0.3) is 0 Å². The Balaban J connectivity index is 1.44. The van der Waals surface area contributed by atoms with E-state index in [0.717, 1.165) is 74.2 Å². The molecule has 2 aliphatic heterocycles. The molecule has 5 heteroatoms. The van der Waals surface area contributed by atoms with Gasteiger partial charge in [-0.2, -0.15) is 0 Å². The van der Waals surface area contributed by atoms with Crippen molar-refractivity contribution < 1.29 is 14.6 Å². The number of rotatable bonds is 10. The third-order valence-corrected chi connectivity index (χ3v) is 7.43. The van der Waals surface area contributed by atoms with E-state index in [1.54, 1.807) is 0 Å². The van der Waals surface area contributed by atoms with Crippen LogP contribution in [0.3, 0.4) is 0 Å². The molecule has 35 heavy (non-hydrogen) atoms. The van der Waals surface area contributed by atoms with Crippen molar-refractivity contribution in [2.24, 2.45) is 5.92 Å². The minimum atomic E-state index is -0.104. The molecular weight excluding hydrogens is 436 g/mol. The summed E-state index contributed by atoms with van der Waals surface area (Å²) in [5, 5.41) is 10.9. The van der Waals surface area contributed by atoms with Gasteiger partial charge in [-0.15, -0.1) is 13.2 Å². The Labute approximate surface area is 209 Å². The van der Waals surface area contributed by atoms with Crippen LogP contribution in [0.2, 0.25) is 0 Å². The molecule has 2 aliphatic rings. The van der Waals surface area contributed by atoms with Gasteiger partial charge in [-0.25, -0.2) is 0 Å². The summed E-state index contributed by atoms with van der Waals surface area (Å²) < 4.78 is 6.75. The summed E-state index contributed by atoms with van der Waals surface area (Å²) in [6, 6.07) is 13.6. The summed E-state index contributed by atoms with van der Waals surface area (Å²) in [5.74, 6) is 0.989. The lowest BCUT2D eigenvalue weighted by molar-refractivity contribution is -0.0772. The highest BCUT2D eigenvalue weighted by atomic mass is 16.5. The molecule has 1 N–H and O–H groups in total. The van der Waals surface area contributed by atoms with Crippen LogP contribution in [0.5, 0.6) is 5.75 Å². The lowest BCUT2D eigenvalue weighted by Gasteiger charge is -2.41. The molecule has 2 heterocycles. The number of ketones is 1. The molecule has 4 rings (SSSR count). The predicted molar refractivity (Wildman–Crippen MR) is 141 cm³/mol. The van der Waals surface area contributed by atoms with Gasteiger partial charge in [0.15, 0.2) is 5.78 Å². The minimum Gasteiger partial charge on any atom is -0.507 e. The SMILES string of the molecule is C=CCN(CC=C)CC1OC(C2CCN(CC(=O)c3ccccc3)CC2)Cc2c1ccc(C)c2O. The largest absolute Gasteiger partial charge is 0.507 e. The van der Waals surface area contributed by atoms with E-state index in [4.69, 9.17) is 4.74 Å². The van der Waals surface area contributed by atoms with Crippen molar-refractivity contribution >= 4 is 5.78 Å². The normalized spacial score (nSPS) is 21.0. The number of Topliss-reactive ketones (excluding diaryl/α,β-unsaturated/α-hetero) is 1. The Morgan fingerprint density at radius 3 is 2.46 bits per heavy atom. The molecule has 0 bridgehead atoms. The zero-order chi connectivity index (χ0) is 24.8. The number of hydrogen-bond donors (Lipinski definition) is 1. The number of nitrogens with zero attached hydrogens (tertiary/aromatic N) is 2. The van der Waals surface area contributed by atoms with Crippen LogP contribution < -0.4 is 0 Å². The van der Waals surface area contributed by atoms with Crippen LogP contribution in [0.1, 0.15) is 46.0 Å². The Morgan fingerprint density at radius 2 is 1.80 bits per heavy atom. The van der Waals surface area contributed by atoms with Gasteiger partial charge in [-0.3, -0.25) is 14.6 Å². The van der Waals surface area contributed by atoms with Crippen LogP contribution in [0, 0.1) is 12.8 Å². The molecule has 1 fully saturated rings. The summed E-state index contributed by atoms with van der Waals surface area (Å²) in [7, 11) is 0. The number of carbonyl (C=O) groups excluding carboxylic acids is 1. The maximum atomic E-state index is 12.6. The van der Waals surface area contributed by atoms with E-state index in [1.807, 2.05) is 55.5 Å². The number of likely N-dealkylation sites (tertiary alicyclic amines) is 1. The van der Waals surface area contributed by atoms with Gasteiger partial charge in [-0.05, 0) is 49.9 Å². The first-order valence-corrected chi connectivity index (χ1v) is 12.7. The molecule has 5 nitrogen and oxygen atoms in total. The Kier molecular flexibility index (Phi) is 8.55. The topological polar surface area (TPSA) is 53.0 Å². The number of ether oxygens (including phenoxy) is 1. The lowest BCUT2D eigenvalue weighted by atomic mass is 9.82. The van der Waals surface area contributed by atoms with Crippen LogP contribution in [0.15, 0.2) is 67.8 Å². The van der Waals surface area contributed by atoms with Crippen molar-refractivity contribution in [2.75, 3.05) is 39.3 Å². The summed E-state index contributed by atoms with van der Waals surface area (Å²) >= 11 is 0. The van der Waals surface area contributed by atoms with Crippen molar-refractivity contribution in [3.63, 3.8) is 0 Å². The van der Waals surface area contributed by atoms with E-state index in [0.29, 0.717) is 18.2 Å². The third kappa shape index (κ3) is 6.10. The second-order valence-corrected chi connectivity index (χ2v) is 9.86. The van der Waals surface area contributed by atoms with E-state index in [1.165, 1.54) is 0 Å². The molecule has 0 aliphatic carbocycles. The number of aromatic hydroxyl groups is 1. The number of piperidine rings is 1. The summed E-state index contributed by atoms with van der Waals surface area (Å²) in [6.07, 6.45) is 6.48. The fourth-order valence-electron chi connectivity index (χ4n) is 5.46. The molecule has 0 saturated carbocycles. The quantitative estimate of drug-likeness (QED) is 0.390. The van der Waals surface area contributed by atoms with Gasteiger partial charge in [-0.1, -0.05) is 54.6 Å². The van der Waals surface area contributed by atoms with E-state index < -0.39 is 0 Å². The van der Waals surface area contributed by atoms with Gasteiger partial charge in [0.2, 0.25) is 0 Å². The Bertz CT molecular complexity index is 1020. The van der Waals surface area contributed by atoms with Crippen LogP contribution >= 0.6 is 0 Å². The molecule has 2 aromatic rings. The standard InChI is InChI=1S/C30H38N2O3/c1-4-15-31(16-5-2)21-29-25-12-11-22(3)30(34)26(25)19-28(35-29)24-13-17-32(18-14-24)20-27(33)23-9-7-6-8-10-23/h4-12,24,28-29,34H,1-2,13-21H2,3H3. The molecule has 2 aromatic carbocycles. The highest BCUT2D eigenvalue weighted by Gasteiger charge is 2.36. The number of phenolic OH excluding ortho intramolecular Hbond substituents is 1. The van der Waals surface area contributed by atoms with Gasteiger partial charge in [0.1, 0.15) is 5.75 Å². The minimum absolute atomic E-state index is 0.0569. The highest BCUT2D eigenvalue weighted by molar-refractivity contribution is 5.97. The van der Waals surface area contributed by atoms with Gasteiger partial charge >= 0.3 is 0 Å². The second-order valence-electron chi connectivity index (χ2n) is 9.86. The number of phenols is 1. The smallest absolute Gasteiger partial charge is 0.176 e. The first-order chi connectivity index (χ1) is 17.0. The van der Waals surface area contributed by atoms with Crippen LogP contribution in [-0.4, -0.2) is 66.1 Å². The molecule has 0 radical (unpaired) electrons. The number of aryl methyl sites for hydroxylation is 1. The maximum Gasteiger partial charge on any atom is 0.176 e. The number of hydrogen-bond acceptors (Lipinski definition) is 5. The van der Waals surface area contributed by atoms with E-state index in [2.05, 4.69) is 29.0 Å². The molecule has 0 amide bonds. The van der Waals surface area contributed by atoms with Crippen LogP contribution in [0.4, 0.5) is 0 Å². The first kappa shape index (κ1) is 25.4. The molecule has 1 saturated heterocycles. The molecule has 2 unspecified atom stereocenters. The molecule has 186 valence electrons. The van der Waals surface area contributed by atoms with E-state index in [-0.39, 0.29) is 18.0 Å². The first-order valence-electron chi connectivity index (χ1n) is 12.7. The summed E-state index contributed by atoms with van der Waals surface area (Å²) in [6.45, 7) is 14.2. The molecule has 2 atom stereocenters. The molecule has 0 aromatic heterocycles. The average Bonchev–Trinajstić information content (AvgIpc) is 2.87. The highest BCUT2D eigenvalue weighted by Crippen LogP contribution is 2.41. The van der Waals surface area contributed by atoms with Gasteiger partial charge in [0, 0.05) is 37.2 Å². The fourth-order valence-corrected chi connectivity index (χ4v) is 5.46. The van der Waals surface area contributed by atoms with Crippen molar-refractivity contribution in [3.05, 3.63) is 90.0 Å². The van der Waals surface area contributed by atoms with Gasteiger partial charge < -0.3 is 9.84 Å². The Hall–Kier alpha value is -2.73. The van der Waals surface area contributed by atoms with Crippen LogP contribution in [-0.2, 0) is 11.2 Å². The van der Waals surface area contributed by atoms with E-state index >= 15 is 0 Å². The summed E-state index contributed by atoms with van der Waals surface area (Å²) in [5.41, 5.74) is 3.81. The molecular formula is C30H38N2O3. The fraction of sp³-hybridized carbons (Fsp3) is 0.433. The predicted octanol–water partition coefficient (Wildman–Crippen LogP) is 4.95.